The number of amides is 1. The fraction of sp³-hybridized carbons (Fsp3) is 0.0800. The molecule has 6 nitrogen and oxygen atoms in total. The predicted molar refractivity (Wildman–Crippen MR) is 122 cm³/mol. The Bertz CT molecular complexity index is 1220. The van der Waals surface area contributed by atoms with Crippen molar-refractivity contribution in [2.45, 2.75) is 6.18 Å². The zero-order chi connectivity index (χ0) is 24.7. The average molecular weight is 467 g/mol. The molecule has 9 heteroatoms. The van der Waals surface area contributed by atoms with Crippen LogP contribution in [0.1, 0.15) is 21.5 Å². The lowest BCUT2D eigenvalue weighted by Crippen LogP contribution is -2.28. The Hall–Kier alpha value is -4.40. The lowest BCUT2D eigenvalue weighted by atomic mass is 10.0. The van der Waals surface area contributed by atoms with E-state index in [0.717, 1.165) is 17.2 Å². The second-order valence-corrected chi connectivity index (χ2v) is 7.11. The fourth-order valence-corrected chi connectivity index (χ4v) is 2.98. The van der Waals surface area contributed by atoms with E-state index in [1.165, 1.54) is 24.3 Å². The standard InChI is InChI=1S/C25H20F3N3O3/c26-25(27,28)24(33)34-21-13-12-20(22(29)30)15-19(21)7-4-14-31-23(32)18-10-8-17(9-11-18)16-5-2-1-3-6-16/h1-13,15H,14H2,(H3,29,30)(H,31,32). The maximum absolute atomic E-state index is 12.6. The molecule has 0 fully saturated rings. The molecule has 4 N–H and O–H groups in total. The number of rotatable bonds is 7. The van der Waals surface area contributed by atoms with Crippen molar-refractivity contribution in [2.75, 3.05) is 6.54 Å². The second-order valence-electron chi connectivity index (χ2n) is 7.11. The van der Waals surface area contributed by atoms with Gasteiger partial charge in [0.25, 0.3) is 5.91 Å². The van der Waals surface area contributed by atoms with E-state index in [0.29, 0.717) is 5.56 Å². The molecule has 0 aliphatic carbocycles. The first-order chi connectivity index (χ1) is 16.1. The van der Waals surface area contributed by atoms with Gasteiger partial charge in [0.05, 0.1) is 0 Å². The zero-order valence-corrected chi connectivity index (χ0v) is 17.7. The molecule has 0 aromatic heterocycles. The summed E-state index contributed by atoms with van der Waals surface area (Å²) in [5.41, 5.74) is 8.16. The predicted octanol–water partition coefficient (Wildman–Crippen LogP) is 4.55. The number of nitrogens with one attached hydrogen (secondary N) is 2. The first-order valence-corrected chi connectivity index (χ1v) is 10.0. The van der Waals surface area contributed by atoms with Gasteiger partial charge in [-0.05, 0) is 41.5 Å². The highest BCUT2D eigenvalue weighted by Crippen LogP contribution is 2.25. The van der Waals surface area contributed by atoms with E-state index in [1.807, 2.05) is 42.5 Å². The summed E-state index contributed by atoms with van der Waals surface area (Å²) in [6.45, 7) is 0.0518. The number of amidine groups is 1. The first kappa shape index (κ1) is 24.2. The third-order valence-electron chi connectivity index (χ3n) is 4.69. The molecule has 0 saturated carbocycles. The first-order valence-electron chi connectivity index (χ1n) is 10.0. The van der Waals surface area contributed by atoms with Crippen LogP contribution in [0.15, 0.2) is 78.9 Å². The van der Waals surface area contributed by atoms with Crippen LogP contribution in [-0.2, 0) is 4.79 Å². The Morgan fingerprint density at radius 3 is 2.18 bits per heavy atom. The minimum atomic E-state index is -5.16. The van der Waals surface area contributed by atoms with Gasteiger partial charge in [0.15, 0.2) is 0 Å². The Morgan fingerprint density at radius 2 is 1.56 bits per heavy atom. The van der Waals surface area contributed by atoms with Crippen LogP contribution >= 0.6 is 0 Å². The lowest BCUT2D eigenvalue weighted by molar-refractivity contribution is -0.189. The molecule has 3 rings (SSSR count). The Morgan fingerprint density at radius 1 is 0.941 bits per heavy atom. The summed E-state index contributed by atoms with van der Waals surface area (Å²) in [5, 5.41) is 10.2. The molecule has 174 valence electrons. The normalized spacial score (nSPS) is 11.3. The van der Waals surface area contributed by atoms with E-state index < -0.39 is 12.1 Å². The molecule has 0 atom stereocenters. The SMILES string of the molecule is N=C(N)c1ccc(OC(=O)C(F)(F)F)c(C=CCNC(=O)c2ccc(-c3ccccc3)cc2)c1. The Labute approximate surface area is 193 Å². The molecule has 0 spiro atoms. The van der Waals surface area contributed by atoms with Gasteiger partial charge in [-0.1, -0.05) is 54.6 Å². The molecule has 0 aliphatic rings. The Kier molecular flexibility index (Phi) is 7.47. The molecule has 0 heterocycles. The number of hydrogen-bond acceptors (Lipinski definition) is 4. The van der Waals surface area contributed by atoms with Gasteiger partial charge >= 0.3 is 12.1 Å². The van der Waals surface area contributed by atoms with E-state index in [2.05, 4.69) is 10.1 Å². The van der Waals surface area contributed by atoms with Crippen molar-refractivity contribution in [3.63, 3.8) is 0 Å². The molecule has 0 saturated heterocycles. The maximum atomic E-state index is 12.6. The molecule has 0 unspecified atom stereocenters. The van der Waals surface area contributed by atoms with Crippen molar-refractivity contribution in [1.29, 1.82) is 5.41 Å². The number of benzene rings is 3. The quantitative estimate of drug-likeness (QED) is 0.205. The Balaban J connectivity index is 1.67. The van der Waals surface area contributed by atoms with Crippen LogP contribution in [0.4, 0.5) is 13.2 Å². The van der Waals surface area contributed by atoms with E-state index in [-0.39, 0.29) is 35.2 Å². The molecule has 3 aromatic rings. The topological polar surface area (TPSA) is 105 Å². The number of ether oxygens (including phenoxy) is 1. The number of alkyl halides is 3. The summed E-state index contributed by atoms with van der Waals surface area (Å²) >= 11 is 0. The van der Waals surface area contributed by atoms with Gasteiger partial charge in [-0.2, -0.15) is 13.2 Å². The minimum absolute atomic E-state index is 0.0518. The summed E-state index contributed by atoms with van der Waals surface area (Å²) < 4.78 is 42.1. The number of carbonyl (C=O) groups excluding carboxylic acids is 2. The number of nitrogen functional groups attached to an aromatic ring is 1. The molecule has 0 aliphatic heterocycles. The molecule has 0 bridgehead atoms. The molecule has 3 aromatic carbocycles. The van der Waals surface area contributed by atoms with Crippen LogP contribution in [0.25, 0.3) is 17.2 Å². The monoisotopic (exact) mass is 467 g/mol. The smallest absolute Gasteiger partial charge is 0.419 e. The largest absolute Gasteiger partial charge is 0.491 e. The van der Waals surface area contributed by atoms with Crippen molar-refractivity contribution < 1.29 is 27.5 Å². The third-order valence-corrected chi connectivity index (χ3v) is 4.69. The summed E-state index contributed by atoms with van der Waals surface area (Å²) in [5.74, 6) is -3.38. The summed E-state index contributed by atoms with van der Waals surface area (Å²) in [6, 6.07) is 20.4. The van der Waals surface area contributed by atoms with Crippen molar-refractivity contribution in [2.24, 2.45) is 5.73 Å². The van der Waals surface area contributed by atoms with Gasteiger partial charge < -0.3 is 15.8 Å². The highest BCUT2D eigenvalue weighted by molar-refractivity contribution is 5.96. The van der Waals surface area contributed by atoms with Crippen LogP contribution in [-0.4, -0.2) is 30.4 Å². The van der Waals surface area contributed by atoms with Gasteiger partial charge in [-0.15, -0.1) is 0 Å². The lowest BCUT2D eigenvalue weighted by Gasteiger charge is -2.11. The summed E-state index contributed by atoms with van der Waals surface area (Å²) in [7, 11) is 0. The maximum Gasteiger partial charge on any atom is 0.491 e. The van der Waals surface area contributed by atoms with Crippen molar-refractivity contribution in [3.05, 3.63) is 95.6 Å². The zero-order valence-electron chi connectivity index (χ0n) is 17.7. The number of halogens is 3. The molecule has 34 heavy (non-hydrogen) atoms. The van der Waals surface area contributed by atoms with Gasteiger partial charge in [-0.25, -0.2) is 4.79 Å². The van der Waals surface area contributed by atoms with E-state index >= 15 is 0 Å². The van der Waals surface area contributed by atoms with Crippen LogP contribution in [0.2, 0.25) is 0 Å². The van der Waals surface area contributed by atoms with Crippen LogP contribution in [0.5, 0.6) is 5.75 Å². The van der Waals surface area contributed by atoms with E-state index in [4.69, 9.17) is 11.1 Å². The van der Waals surface area contributed by atoms with Crippen LogP contribution in [0, 0.1) is 5.41 Å². The van der Waals surface area contributed by atoms with Crippen molar-refractivity contribution >= 4 is 23.8 Å². The third kappa shape index (κ3) is 6.32. The van der Waals surface area contributed by atoms with Gasteiger partial charge in [0, 0.05) is 23.2 Å². The van der Waals surface area contributed by atoms with Crippen molar-refractivity contribution in [1.82, 2.24) is 5.32 Å². The van der Waals surface area contributed by atoms with Gasteiger partial charge in [0.1, 0.15) is 11.6 Å². The number of carbonyl (C=O) groups is 2. The van der Waals surface area contributed by atoms with Crippen LogP contribution in [0.3, 0.4) is 0 Å². The number of hydrogen-bond donors (Lipinski definition) is 3. The number of nitrogens with two attached hydrogens (primary N) is 1. The van der Waals surface area contributed by atoms with E-state index in [1.54, 1.807) is 12.1 Å². The summed E-state index contributed by atoms with van der Waals surface area (Å²) in [4.78, 5) is 23.6. The molecule has 0 radical (unpaired) electrons. The minimum Gasteiger partial charge on any atom is -0.419 e. The van der Waals surface area contributed by atoms with Crippen LogP contribution < -0.4 is 15.8 Å². The molecular formula is C25H20F3N3O3. The fourth-order valence-electron chi connectivity index (χ4n) is 2.98. The highest BCUT2D eigenvalue weighted by atomic mass is 19.4. The van der Waals surface area contributed by atoms with Gasteiger partial charge in [0.2, 0.25) is 0 Å². The average Bonchev–Trinajstić information content (AvgIpc) is 2.82. The molecule has 1 amide bonds. The summed E-state index contributed by atoms with van der Waals surface area (Å²) in [6.07, 6.45) is -2.32. The molecular weight excluding hydrogens is 447 g/mol. The van der Waals surface area contributed by atoms with Crippen molar-refractivity contribution in [3.8, 4) is 16.9 Å². The number of esters is 1. The highest BCUT2D eigenvalue weighted by Gasteiger charge is 2.41. The second kappa shape index (κ2) is 10.5. The van der Waals surface area contributed by atoms with Gasteiger partial charge in [-0.3, -0.25) is 10.2 Å². The van der Waals surface area contributed by atoms with E-state index in [9.17, 15) is 22.8 Å².